The number of rotatable bonds is 12. The van der Waals surface area contributed by atoms with Crippen molar-refractivity contribution in [3.63, 3.8) is 0 Å². The molecule has 0 amide bonds. The molecule has 0 saturated carbocycles. The number of benzene rings is 2. The van der Waals surface area contributed by atoms with Crippen LogP contribution in [0.3, 0.4) is 0 Å². The number of ether oxygens (including phenoxy) is 2. The van der Waals surface area contributed by atoms with Crippen molar-refractivity contribution in [2.45, 2.75) is 67.2 Å². The standard InChI is InChI=1S/2C15H25NO.2CH4.2ClH/c2*1-6-15(12(2)11-16(3)4)13-8-7-9-14(10-13)17-5;;;;/h2*7-10,12,15H,6,11H2,1-5H3;2*1H4;2*1H/t2*12-,15+;;;;/m00..../s1. The second kappa shape index (κ2) is 23.4. The van der Waals surface area contributed by atoms with Gasteiger partial charge in [-0.2, -0.15) is 0 Å². The monoisotopic (exact) mass is 574 g/mol. The van der Waals surface area contributed by atoms with Crippen LogP contribution < -0.4 is 9.47 Å². The molecule has 2 aromatic carbocycles. The molecule has 0 radical (unpaired) electrons. The summed E-state index contributed by atoms with van der Waals surface area (Å²) in [6, 6.07) is 16.9. The van der Waals surface area contributed by atoms with E-state index in [1.54, 1.807) is 14.2 Å². The molecule has 0 heterocycles. The molecule has 0 aliphatic heterocycles. The largest absolute Gasteiger partial charge is 0.497 e. The van der Waals surface area contributed by atoms with Gasteiger partial charge in [-0.05, 0) is 100 Å². The van der Waals surface area contributed by atoms with Crippen LogP contribution in [0.4, 0.5) is 0 Å². The number of hydrogen-bond donors (Lipinski definition) is 0. The summed E-state index contributed by atoms with van der Waals surface area (Å²) >= 11 is 0. The van der Waals surface area contributed by atoms with Crippen LogP contribution >= 0.6 is 24.8 Å². The van der Waals surface area contributed by atoms with Crippen molar-refractivity contribution in [1.82, 2.24) is 9.80 Å². The molecular formula is C32H60Cl2N2O2. The fraction of sp³-hybridized carbons (Fsp3) is 0.625. The van der Waals surface area contributed by atoms with Gasteiger partial charge in [-0.25, -0.2) is 0 Å². The first kappa shape index (κ1) is 43.6. The van der Waals surface area contributed by atoms with Crippen LogP contribution in [-0.2, 0) is 0 Å². The lowest BCUT2D eigenvalue weighted by Gasteiger charge is -2.26. The highest BCUT2D eigenvalue weighted by molar-refractivity contribution is 5.85. The fourth-order valence-corrected chi connectivity index (χ4v) is 5.08. The Bertz CT molecular complexity index is 750. The van der Waals surface area contributed by atoms with Crippen LogP contribution in [0.25, 0.3) is 0 Å². The predicted octanol–water partition coefficient (Wildman–Crippen LogP) is 8.89. The molecule has 0 aliphatic carbocycles. The smallest absolute Gasteiger partial charge is 0.119 e. The summed E-state index contributed by atoms with van der Waals surface area (Å²) in [5, 5.41) is 0. The van der Waals surface area contributed by atoms with Crippen molar-refractivity contribution in [2.24, 2.45) is 11.8 Å². The van der Waals surface area contributed by atoms with E-state index in [4.69, 9.17) is 9.47 Å². The summed E-state index contributed by atoms with van der Waals surface area (Å²) in [6.07, 6.45) is 2.34. The Morgan fingerprint density at radius 3 is 1.18 bits per heavy atom. The molecule has 0 aromatic heterocycles. The van der Waals surface area contributed by atoms with Gasteiger partial charge in [0.25, 0.3) is 0 Å². The molecule has 38 heavy (non-hydrogen) atoms. The Labute approximate surface area is 249 Å². The van der Waals surface area contributed by atoms with E-state index in [1.807, 2.05) is 12.1 Å². The molecule has 0 aliphatic rings. The summed E-state index contributed by atoms with van der Waals surface area (Å²) in [4.78, 5) is 4.51. The molecule has 0 fully saturated rings. The van der Waals surface area contributed by atoms with Crippen molar-refractivity contribution >= 4 is 24.8 Å². The maximum atomic E-state index is 5.30. The zero-order valence-corrected chi connectivity index (χ0v) is 25.9. The second-order valence-corrected chi connectivity index (χ2v) is 10.1. The normalized spacial score (nSPS) is 13.2. The molecule has 2 rings (SSSR count). The van der Waals surface area contributed by atoms with Gasteiger partial charge in [-0.3, -0.25) is 0 Å². The first-order chi connectivity index (χ1) is 16.2. The molecule has 0 N–H and O–H groups in total. The third-order valence-corrected chi connectivity index (χ3v) is 6.60. The van der Waals surface area contributed by atoms with E-state index in [0.717, 1.165) is 24.6 Å². The van der Waals surface area contributed by atoms with Crippen molar-refractivity contribution in [3.8, 4) is 11.5 Å². The van der Waals surface area contributed by atoms with Crippen molar-refractivity contribution in [1.29, 1.82) is 0 Å². The van der Waals surface area contributed by atoms with Crippen molar-refractivity contribution in [3.05, 3.63) is 59.7 Å². The number of nitrogens with zero attached hydrogens (tertiary/aromatic N) is 2. The summed E-state index contributed by atoms with van der Waals surface area (Å²) < 4.78 is 10.6. The van der Waals surface area contributed by atoms with Crippen molar-refractivity contribution in [2.75, 3.05) is 55.5 Å². The minimum absolute atomic E-state index is 0. The van der Waals surface area contributed by atoms with Gasteiger partial charge in [-0.1, -0.05) is 66.8 Å². The Balaban J connectivity index is -0.000000275. The molecule has 4 atom stereocenters. The Morgan fingerprint density at radius 2 is 0.947 bits per heavy atom. The number of methoxy groups -OCH3 is 2. The van der Waals surface area contributed by atoms with Gasteiger partial charge < -0.3 is 19.3 Å². The van der Waals surface area contributed by atoms with E-state index >= 15 is 0 Å². The quantitative estimate of drug-likeness (QED) is 0.252. The topological polar surface area (TPSA) is 24.9 Å². The average molecular weight is 576 g/mol. The van der Waals surface area contributed by atoms with Crippen LogP contribution in [-0.4, -0.2) is 65.3 Å². The van der Waals surface area contributed by atoms with Crippen LogP contribution in [0.15, 0.2) is 48.5 Å². The average Bonchev–Trinajstić information content (AvgIpc) is 2.80. The highest BCUT2D eigenvalue weighted by Gasteiger charge is 2.19. The summed E-state index contributed by atoms with van der Waals surface area (Å²) in [6.45, 7) is 11.4. The Morgan fingerprint density at radius 1 is 0.632 bits per heavy atom. The summed E-state index contributed by atoms with van der Waals surface area (Å²) in [5.41, 5.74) is 2.78. The van der Waals surface area contributed by atoms with Gasteiger partial charge in [0.2, 0.25) is 0 Å². The molecule has 224 valence electrons. The molecule has 0 bridgehead atoms. The van der Waals surface area contributed by atoms with E-state index < -0.39 is 0 Å². The van der Waals surface area contributed by atoms with Crippen LogP contribution in [0, 0.1) is 11.8 Å². The zero-order chi connectivity index (χ0) is 25.7. The van der Waals surface area contributed by atoms with E-state index in [0.29, 0.717) is 23.7 Å². The molecule has 6 heteroatoms. The molecule has 4 nitrogen and oxygen atoms in total. The molecule has 0 unspecified atom stereocenters. The lowest BCUT2D eigenvalue weighted by molar-refractivity contribution is 0.301. The van der Waals surface area contributed by atoms with Gasteiger partial charge in [0, 0.05) is 13.1 Å². The highest BCUT2D eigenvalue weighted by Crippen LogP contribution is 2.31. The van der Waals surface area contributed by atoms with E-state index in [1.165, 1.54) is 24.0 Å². The maximum Gasteiger partial charge on any atom is 0.119 e. The van der Waals surface area contributed by atoms with Crippen molar-refractivity contribution < 1.29 is 9.47 Å². The molecule has 0 saturated heterocycles. The van der Waals surface area contributed by atoms with E-state index in [-0.39, 0.29) is 39.7 Å². The third-order valence-electron chi connectivity index (χ3n) is 6.60. The minimum Gasteiger partial charge on any atom is -0.497 e. The van der Waals surface area contributed by atoms with Gasteiger partial charge in [0.15, 0.2) is 0 Å². The summed E-state index contributed by atoms with van der Waals surface area (Å²) in [7, 11) is 12.0. The van der Waals surface area contributed by atoms with Crippen LogP contribution in [0.2, 0.25) is 0 Å². The van der Waals surface area contributed by atoms with Gasteiger partial charge >= 0.3 is 0 Å². The second-order valence-electron chi connectivity index (χ2n) is 10.1. The SMILES string of the molecule is C.C.CC[C@@H](c1cccc(OC)c1)[C@@H](C)CN(C)C.CC[C@@H](c1cccc(OC)c1)[C@@H](C)CN(C)C.Cl.Cl. The third kappa shape index (κ3) is 15.2. The number of hydrogen-bond acceptors (Lipinski definition) is 4. The van der Waals surface area contributed by atoms with E-state index in [9.17, 15) is 0 Å². The summed E-state index contributed by atoms with van der Waals surface area (Å²) in [5.74, 6) is 4.43. The highest BCUT2D eigenvalue weighted by atomic mass is 35.5. The van der Waals surface area contributed by atoms with Gasteiger partial charge in [-0.15, -0.1) is 24.8 Å². The molecule has 0 spiro atoms. The number of halogens is 2. The molecular weight excluding hydrogens is 515 g/mol. The van der Waals surface area contributed by atoms with Crippen LogP contribution in [0.1, 0.15) is 78.4 Å². The Kier molecular flexibility index (Phi) is 26.9. The lowest BCUT2D eigenvalue weighted by Crippen LogP contribution is -2.24. The lowest BCUT2D eigenvalue weighted by atomic mass is 9.85. The molecule has 2 aromatic rings. The van der Waals surface area contributed by atoms with Gasteiger partial charge in [0.1, 0.15) is 11.5 Å². The predicted molar refractivity (Wildman–Crippen MR) is 175 cm³/mol. The zero-order valence-electron chi connectivity index (χ0n) is 24.3. The van der Waals surface area contributed by atoms with Gasteiger partial charge in [0.05, 0.1) is 14.2 Å². The minimum atomic E-state index is 0. The first-order valence-corrected chi connectivity index (χ1v) is 12.7. The Hall–Kier alpha value is -1.46. The maximum absolute atomic E-state index is 5.30. The van der Waals surface area contributed by atoms with E-state index in [2.05, 4.69) is 102 Å². The first-order valence-electron chi connectivity index (χ1n) is 12.7. The van der Waals surface area contributed by atoms with Crippen LogP contribution in [0.5, 0.6) is 11.5 Å². The fourth-order valence-electron chi connectivity index (χ4n) is 5.08.